The molecule has 2 rings (SSSR count). The number of halogens is 3. The molecule has 5 nitrogen and oxygen atoms in total. The average molecular weight is 357 g/mol. The van der Waals surface area contributed by atoms with E-state index < -0.39 is 36.9 Å². The Labute approximate surface area is 126 Å². The monoisotopic (exact) mass is 357 g/mol. The molecule has 0 spiro atoms. The zero-order valence-electron chi connectivity index (χ0n) is 11.5. The van der Waals surface area contributed by atoms with Crippen molar-refractivity contribution >= 4 is 19.9 Å². The smallest absolute Gasteiger partial charge is 0.228 e. The number of nitrogens with zero attached hydrogens (tertiary/aromatic N) is 1. The Morgan fingerprint density at radius 2 is 1.59 bits per heavy atom. The first-order chi connectivity index (χ1) is 9.98. The molecule has 0 aliphatic carbocycles. The molecule has 1 aromatic carbocycles. The molecule has 1 aromatic rings. The number of sulfone groups is 1. The lowest BCUT2D eigenvalue weighted by Crippen LogP contribution is -2.57. The largest absolute Gasteiger partial charge is 0.416 e. The van der Waals surface area contributed by atoms with Gasteiger partial charge in [-0.25, -0.2) is 16.8 Å². The molecular formula is C12H14F3NO4S2. The van der Waals surface area contributed by atoms with E-state index in [9.17, 15) is 30.0 Å². The fraction of sp³-hybridized carbons (Fsp3) is 0.500. The first-order valence-electron chi connectivity index (χ1n) is 6.37. The molecule has 1 fully saturated rings. The van der Waals surface area contributed by atoms with Crippen molar-refractivity contribution in [1.82, 2.24) is 4.31 Å². The number of hydrogen-bond donors (Lipinski definition) is 0. The van der Waals surface area contributed by atoms with Gasteiger partial charge in [-0.15, -0.1) is 0 Å². The molecule has 0 unspecified atom stereocenters. The van der Waals surface area contributed by atoms with Crippen LogP contribution in [0.15, 0.2) is 29.2 Å². The molecule has 1 aliphatic rings. The number of sulfonamides is 1. The van der Waals surface area contributed by atoms with Gasteiger partial charge in [-0.2, -0.15) is 17.5 Å². The second-order valence-corrected chi connectivity index (χ2v) is 9.43. The minimum atomic E-state index is -4.54. The van der Waals surface area contributed by atoms with Crippen molar-refractivity contribution in [3.05, 3.63) is 29.8 Å². The second kappa shape index (κ2) is 5.50. The Morgan fingerprint density at radius 1 is 1.09 bits per heavy atom. The molecular weight excluding hydrogens is 343 g/mol. The van der Waals surface area contributed by atoms with Crippen molar-refractivity contribution in [2.75, 3.05) is 18.8 Å². The Hall–Kier alpha value is -1.13. The van der Waals surface area contributed by atoms with Crippen LogP contribution in [0, 0.1) is 0 Å². The Bertz CT molecular complexity index is 749. The third kappa shape index (κ3) is 3.13. The van der Waals surface area contributed by atoms with Gasteiger partial charge in [0.2, 0.25) is 10.0 Å². The second-order valence-electron chi connectivity index (χ2n) is 4.92. The van der Waals surface area contributed by atoms with Crippen molar-refractivity contribution in [3.63, 3.8) is 0 Å². The summed E-state index contributed by atoms with van der Waals surface area (Å²) in [7, 11) is -7.28. The van der Waals surface area contributed by atoms with Crippen molar-refractivity contribution in [3.8, 4) is 0 Å². The SMILES string of the molecule is CCS(=O)(=O)C1CN(S(=O)(=O)c2ccc(C(F)(F)F)cc2)C1. The molecule has 124 valence electrons. The van der Waals surface area contributed by atoms with Gasteiger partial charge in [0.1, 0.15) is 0 Å². The van der Waals surface area contributed by atoms with E-state index in [1.54, 1.807) is 0 Å². The van der Waals surface area contributed by atoms with Crippen molar-refractivity contribution in [2.24, 2.45) is 0 Å². The van der Waals surface area contributed by atoms with E-state index in [4.69, 9.17) is 0 Å². The van der Waals surface area contributed by atoms with E-state index in [2.05, 4.69) is 0 Å². The van der Waals surface area contributed by atoms with E-state index in [0.29, 0.717) is 12.1 Å². The molecule has 10 heteroatoms. The average Bonchev–Trinajstić information content (AvgIpc) is 2.35. The van der Waals surface area contributed by atoms with Gasteiger partial charge in [0.25, 0.3) is 0 Å². The summed E-state index contributed by atoms with van der Waals surface area (Å²) in [6.45, 7) is 1.14. The lowest BCUT2D eigenvalue weighted by Gasteiger charge is -2.37. The maximum absolute atomic E-state index is 12.4. The lowest BCUT2D eigenvalue weighted by molar-refractivity contribution is -0.137. The Balaban J connectivity index is 2.16. The fourth-order valence-corrected chi connectivity index (χ4v) is 5.03. The zero-order valence-corrected chi connectivity index (χ0v) is 13.2. The molecule has 0 radical (unpaired) electrons. The van der Waals surface area contributed by atoms with Crippen LogP contribution in [0.25, 0.3) is 0 Å². The van der Waals surface area contributed by atoms with E-state index in [-0.39, 0.29) is 23.7 Å². The number of benzene rings is 1. The van der Waals surface area contributed by atoms with Crippen molar-refractivity contribution in [1.29, 1.82) is 0 Å². The van der Waals surface area contributed by atoms with E-state index >= 15 is 0 Å². The molecule has 1 aliphatic heterocycles. The van der Waals surface area contributed by atoms with E-state index in [0.717, 1.165) is 16.4 Å². The van der Waals surface area contributed by atoms with Crippen LogP contribution in [0.4, 0.5) is 13.2 Å². The minimum Gasteiger partial charge on any atom is -0.228 e. The highest BCUT2D eigenvalue weighted by atomic mass is 32.2. The quantitative estimate of drug-likeness (QED) is 0.819. The van der Waals surface area contributed by atoms with Crippen LogP contribution >= 0.6 is 0 Å². The van der Waals surface area contributed by atoms with Crippen LogP contribution in [0.2, 0.25) is 0 Å². The van der Waals surface area contributed by atoms with Gasteiger partial charge in [0, 0.05) is 18.8 Å². The molecule has 0 amide bonds. The Morgan fingerprint density at radius 3 is 2.00 bits per heavy atom. The third-order valence-electron chi connectivity index (χ3n) is 3.54. The summed E-state index contributed by atoms with van der Waals surface area (Å²) in [5.41, 5.74) is -0.943. The third-order valence-corrected chi connectivity index (χ3v) is 7.51. The summed E-state index contributed by atoms with van der Waals surface area (Å²) in [5, 5.41) is -0.748. The van der Waals surface area contributed by atoms with Crippen LogP contribution in [0.1, 0.15) is 12.5 Å². The van der Waals surface area contributed by atoms with E-state index in [1.165, 1.54) is 6.92 Å². The molecule has 1 heterocycles. The van der Waals surface area contributed by atoms with Crippen LogP contribution < -0.4 is 0 Å². The minimum absolute atomic E-state index is 0.0775. The van der Waals surface area contributed by atoms with Crippen LogP contribution in [0.5, 0.6) is 0 Å². The predicted molar refractivity (Wildman–Crippen MR) is 73.5 cm³/mol. The maximum Gasteiger partial charge on any atom is 0.416 e. The van der Waals surface area contributed by atoms with Crippen LogP contribution in [-0.2, 0) is 26.0 Å². The van der Waals surface area contributed by atoms with Crippen LogP contribution in [0.3, 0.4) is 0 Å². The summed E-state index contributed by atoms with van der Waals surface area (Å²) >= 11 is 0. The molecule has 0 atom stereocenters. The molecule has 0 aromatic heterocycles. The summed E-state index contributed by atoms with van der Waals surface area (Å²) in [6.07, 6.45) is -4.54. The standard InChI is InChI=1S/C12H14F3NO4S2/c1-2-21(17,18)11-7-16(8-11)22(19,20)10-5-3-9(4-6-10)12(13,14)15/h3-6,11H,2,7-8H2,1H3. The maximum atomic E-state index is 12.4. The zero-order chi connectivity index (χ0) is 16.8. The molecule has 1 saturated heterocycles. The summed E-state index contributed by atoms with van der Waals surface area (Å²) in [6, 6.07) is 3.12. The molecule has 0 saturated carbocycles. The van der Waals surface area contributed by atoms with E-state index in [1.807, 2.05) is 0 Å². The molecule has 0 N–H and O–H groups in total. The van der Waals surface area contributed by atoms with Gasteiger partial charge in [-0.05, 0) is 24.3 Å². The van der Waals surface area contributed by atoms with Gasteiger partial charge in [0.05, 0.1) is 15.7 Å². The first-order valence-corrected chi connectivity index (χ1v) is 9.53. The highest BCUT2D eigenvalue weighted by Crippen LogP contribution is 2.31. The van der Waals surface area contributed by atoms with Crippen molar-refractivity contribution in [2.45, 2.75) is 23.2 Å². The van der Waals surface area contributed by atoms with Crippen molar-refractivity contribution < 1.29 is 30.0 Å². The highest BCUT2D eigenvalue weighted by Gasteiger charge is 2.43. The fourth-order valence-electron chi connectivity index (χ4n) is 2.02. The molecule has 0 bridgehead atoms. The van der Waals surface area contributed by atoms with Gasteiger partial charge in [-0.3, -0.25) is 0 Å². The molecule has 22 heavy (non-hydrogen) atoms. The number of rotatable bonds is 4. The van der Waals surface area contributed by atoms with Gasteiger partial charge in [-0.1, -0.05) is 6.92 Å². The van der Waals surface area contributed by atoms with Gasteiger partial charge < -0.3 is 0 Å². The predicted octanol–water partition coefficient (Wildman–Crippen LogP) is 1.51. The highest BCUT2D eigenvalue weighted by molar-refractivity contribution is 7.92. The summed E-state index contributed by atoms with van der Waals surface area (Å²) in [5.74, 6) is -0.0775. The number of alkyl halides is 3. The van der Waals surface area contributed by atoms with Gasteiger partial charge >= 0.3 is 6.18 Å². The first kappa shape index (κ1) is 17.2. The topological polar surface area (TPSA) is 71.5 Å². The lowest BCUT2D eigenvalue weighted by atomic mass is 10.2. The van der Waals surface area contributed by atoms with Crippen LogP contribution in [-0.4, -0.2) is 45.2 Å². The Kier molecular flexibility index (Phi) is 4.31. The summed E-state index contributed by atoms with van der Waals surface area (Å²) < 4.78 is 85.9. The normalized spacial score (nSPS) is 18.2. The summed E-state index contributed by atoms with van der Waals surface area (Å²) in [4.78, 5) is -0.284. The number of hydrogen-bond acceptors (Lipinski definition) is 4. The van der Waals surface area contributed by atoms with Gasteiger partial charge in [0.15, 0.2) is 9.84 Å².